The Hall–Kier alpha value is -3.22. The number of nitro groups is 1. The van der Waals surface area contributed by atoms with Gasteiger partial charge >= 0.3 is 5.97 Å². The molecule has 0 saturated carbocycles. The van der Waals surface area contributed by atoms with Gasteiger partial charge < -0.3 is 9.64 Å². The fraction of sp³-hybridized carbons (Fsp3) is 0.300. The summed E-state index contributed by atoms with van der Waals surface area (Å²) >= 11 is 0. The topological polar surface area (TPSA) is 89.8 Å². The lowest BCUT2D eigenvalue weighted by molar-refractivity contribution is -0.385. The van der Waals surface area contributed by atoms with Crippen LogP contribution in [0.25, 0.3) is 0 Å². The molecule has 0 aromatic heterocycles. The summed E-state index contributed by atoms with van der Waals surface area (Å²) < 4.78 is 5.45. The van der Waals surface area contributed by atoms with Crippen LogP contribution in [0, 0.1) is 36.8 Å². The van der Waals surface area contributed by atoms with Crippen LogP contribution in [0.3, 0.4) is 0 Å². The molecule has 7 nitrogen and oxygen atoms in total. The number of rotatable bonds is 4. The van der Waals surface area contributed by atoms with Crippen LogP contribution in [0.1, 0.15) is 23.1 Å². The normalized spacial score (nSPS) is 16.5. The Morgan fingerprint density at radius 1 is 1.15 bits per heavy atom. The first-order valence-corrected chi connectivity index (χ1v) is 8.60. The number of ether oxygens (including phenoxy) is 1. The molecule has 2 aromatic rings. The van der Waals surface area contributed by atoms with Crippen molar-refractivity contribution in [1.29, 1.82) is 0 Å². The van der Waals surface area contributed by atoms with Crippen molar-refractivity contribution in [3.8, 4) is 5.75 Å². The number of benzene rings is 2. The first-order chi connectivity index (χ1) is 12.7. The average Bonchev–Trinajstić information content (AvgIpc) is 2.96. The zero-order valence-corrected chi connectivity index (χ0v) is 15.4. The quantitative estimate of drug-likeness (QED) is 0.357. The van der Waals surface area contributed by atoms with Gasteiger partial charge in [0.15, 0.2) is 0 Å². The molecule has 1 fully saturated rings. The molecular weight excluding hydrogens is 348 g/mol. The standard InChI is InChI=1S/C20H20N2O5/c1-12-6-13(2)8-17(7-12)27-20(24)15-9-19(23)21(11-15)16-5-4-14(3)18(10-16)22(25)26/h4-8,10,15H,9,11H2,1-3H3/t15-/m0/s1. The predicted molar refractivity (Wildman–Crippen MR) is 99.8 cm³/mol. The second-order valence-corrected chi connectivity index (χ2v) is 6.88. The molecule has 0 N–H and O–H groups in total. The molecule has 1 aliphatic rings. The fourth-order valence-electron chi connectivity index (χ4n) is 3.27. The number of hydrogen-bond donors (Lipinski definition) is 0. The minimum absolute atomic E-state index is 0.0192. The summed E-state index contributed by atoms with van der Waals surface area (Å²) in [7, 11) is 0. The van der Waals surface area contributed by atoms with Crippen molar-refractivity contribution in [2.24, 2.45) is 5.92 Å². The lowest BCUT2D eigenvalue weighted by Gasteiger charge is -2.17. The van der Waals surface area contributed by atoms with E-state index in [0.717, 1.165) is 11.1 Å². The minimum Gasteiger partial charge on any atom is -0.426 e. The van der Waals surface area contributed by atoms with Gasteiger partial charge in [-0.05, 0) is 50.1 Å². The zero-order valence-electron chi connectivity index (χ0n) is 15.4. The van der Waals surface area contributed by atoms with Crippen LogP contribution in [0.4, 0.5) is 11.4 Å². The summed E-state index contributed by atoms with van der Waals surface area (Å²) in [5.41, 5.74) is 2.84. The highest BCUT2D eigenvalue weighted by atomic mass is 16.6. The van der Waals surface area contributed by atoms with E-state index in [-0.39, 0.29) is 24.6 Å². The Labute approximate surface area is 156 Å². The van der Waals surface area contributed by atoms with Crippen molar-refractivity contribution in [2.45, 2.75) is 27.2 Å². The molecular formula is C20H20N2O5. The van der Waals surface area contributed by atoms with Gasteiger partial charge in [-0.2, -0.15) is 0 Å². The van der Waals surface area contributed by atoms with Gasteiger partial charge in [0.1, 0.15) is 5.75 Å². The fourth-order valence-corrected chi connectivity index (χ4v) is 3.27. The van der Waals surface area contributed by atoms with Crippen molar-refractivity contribution in [3.63, 3.8) is 0 Å². The number of aryl methyl sites for hydroxylation is 3. The molecule has 0 unspecified atom stereocenters. The summed E-state index contributed by atoms with van der Waals surface area (Å²) in [5.74, 6) is -0.888. The van der Waals surface area contributed by atoms with Crippen molar-refractivity contribution < 1.29 is 19.2 Å². The maximum absolute atomic E-state index is 12.5. The Kier molecular flexibility index (Phi) is 4.94. The molecule has 0 spiro atoms. The third-order valence-electron chi connectivity index (χ3n) is 4.57. The number of nitrogens with zero attached hydrogens (tertiary/aromatic N) is 2. The summed E-state index contributed by atoms with van der Waals surface area (Å²) in [5, 5.41) is 11.1. The smallest absolute Gasteiger partial charge is 0.316 e. The van der Waals surface area contributed by atoms with E-state index in [0.29, 0.717) is 17.0 Å². The van der Waals surface area contributed by atoms with Crippen molar-refractivity contribution >= 4 is 23.3 Å². The highest BCUT2D eigenvalue weighted by molar-refractivity contribution is 6.00. The molecule has 1 aliphatic heterocycles. The summed E-state index contributed by atoms with van der Waals surface area (Å²) in [6.07, 6.45) is 0.0192. The highest BCUT2D eigenvalue weighted by Gasteiger charge is 2.37. The average molecular weight is 368 g/mol. The Bertz CT molecular complexity index is 918. The maximum Gasteiger partial charge on any atom is 0.316 e. The number of carbonyl (C=O) groups is 2. The van der Waals surface area contributed by atoms with Crippen molar-refractivity contribution in [3.05, 3.63) is 63.2 Å². The number of anilines is 1. The van der Waals surface area contributed by atoms with E-state index >= 15 is 0 Å². The molecule has 3 rings (SSSR count). The SMILES string of the molecule is Cc1cc(C)cc(OC(=O)[C@H]2CC(=O)N(c3ccc(C)c([N+](=O)[O-])c3)C2)c1. The number of carbonyl (C=O) groups excluding carboxylic acids is 2. The lowest BCUT2D eigenvalue weighted by atomic mass is 10.1. The van der Waals surface area contributed by atoms with Crippen LogP contribution >= 0.6 is 0 Å². The number of amides is 1. The molecule has 1 amide bonds. The van der Waals surface area contributed by atoms with Crippen molar-refractivity contribution in [1.82, 2.24) is 0 Å². The van der Waals surface area contributed by atoms with Crippen LogP contribution < -0.4 is 9.64 Å². The Morgan fingerprint density at radius 3 is 2.44 bits per heavy atom. The molecule has 0 radical (unpaired) electrons. The first-order valence-electron chi connectivity index (χ1n) is 8.60. The largest absolute Gasteiger partial charge is 0.426 e. The van der Waals surface area contributed by atoms with Crippen LogP contribution in [-0.4, -0.2) is 23.3 Å². The number of hydrogen-bond acceptors (Lipinski definition) is 5. The molecule has 1 atom stereocenters. The number of esters is 1. The van der Waals surface area contributed by atoms with Crippen LogP contribution in [0.5, 0.6) is 5.75 Å². The first kappa shape index (κ1) is 18.6. The van der Waals surface area contributed by atoms with Crippen molar-refractivity contribution in [2.75, 3.05) is 11.4 Å². The highest BCUT2D eigenvalue weighted by Crippen LogP contribution is 2.30. The predicted octanol–water partition coefficient (Wildman–Crippen LogP) is 3.48. The molecule has 1 heterocycles. The van der Waals surface area contributed by atoms with E-state index in [9.17, 15) is 19.7 Å². The van der Waals surface area contributed by atoms with E-state index in [1.807, 2.05) is 19.9 Å². The molecule has 140 valence electrons. The summed E-state index contributed by atoms with van der Waals surface area (Å²) in [6, 6.07) is 10.1. The maximum atomic E-state index is 12.5. The Balaban J connectivity index is 1.76. The van der Waals surface area contributed by atoms with Gasteiger partial charge in [0.05, 0.1) is 16.5 Å². The summed E-state index contributed by atoms with van der Waals surface area (Å²) in [4.78, 5) is 36.9. The van der Waals surface area contributed by atoms with E-state index in [1.165, 1.54) is 11.0 Å². The number of nitro benzene ring substituents is 1. The minimum atomic E-state index is -0.612. The molecule has 2 aromatic carbocycles. The van der Waals surface area contributed by atoms with Gasteiger partial charge in [-0.25, -0.2) is 0 Å². The second kappa shape index (κ2) is 7.19. The van der Waals surface area contributed by atoms with E-state index < -0.39 is 16.8 Å². The third-order valence-corrected chi connectivity index (χ3v) is 4.57. The van der Waals surface area contributed by atoms with E-state index in [4.69, 9.17) is 4.74 Å². The van der Waals surface area contributed by atoms with Gasteiger partial charge in [0, 0.05) is 24.6 Å². The Morgan fingerprint density at radius 2 is 1.81 bits per heavy atom. The van der Waals surface area contributed by atoms with Gasteiger partial charge in [-0.3, -0.25) is 19.7 Å². The monoisotopic (exact) mass is 368 g/mol. The molecule has 27 heavy (non-hydrogen) atoms. The molecule has 0 aliphatic carbocycles. The zero-order chi connectivity index (χ0) is 19.7. The molecule has 0 bridgehead atoms. The van der Waals surface area contributed by atoms with Crippen LogP contribution in [0.15, 0.2) is 36.4 Å². The lowest BCUT2D eigenvalue weighted by Crippen LogP contribution is -2.27. The van der Waals surface area contributed by atoms with Gasteiger partial charge in [-0.15, -0.1) is 0 Å². The third kappa shape index (κ3) is 3.97. The van der Waals surface area contributed by atoms with E-state index in [1.54, 1.807) is 31.2 Å². The van der Waals surface area contributed by atoms with Gasteiger partial charge in [0.2, 0.25) is 5.91 Å². The van der Waals surface area contributed by atoms with Gasteiger partial charge in [-0.1, -0.05) is 12.1 Å². The van der Waals surface area contributed by atoms with Crippen LogP contribution in [0.2, 0.25) is 0 Å². The second-order valence-electron chi connectivity index (χ2n) is 6.88. The van der Waals surface area contributed by atoms with E-state index in [2.05, 4.69) is 0 Å². The molecule has 1 saturated heterocycles. The molecule has 7 heteroatoms. The van der Waals surface area contributed by atoms with Gasteiger partial charge in [0.25, 0.3) is 5.69 Å². The van der Waals surface area contributed by atoms with Crippen LogP contribution in [-0.2, 0) is 9.59 Å². The summed E-state index contributed by atoms with van der Waals surface area (Å²) in [6.45, 7) is 5.60.